The van der Waals surface area contributed by atoms with Crippen LogP contribution in [-0.2, 0) is 14.4 Å². The fraction of sp³-hybridized carbons (Fsp3) is 0.207. The number of amides is 3. The van der Waals surface area contributed by atoms with E-state index in [4.69, 9.17) is 9.47 Å². The van der Waals surface area contributed by atoms with Crippen molar-refractivity contribution >= 4 is 40.4 Å². The molecule has 2 N–H and O–H groups in total. The van der Waals surface area contributed by atoms with Gasteiger partial charge in [-0.05, 0) is 75.4 Å². The predicted octanol–water partition coefficient (Wildman–Crippen LogP) is 4.88. The molecule has 1 heterocycles. The Morgan fingerprint density at radius 3 is 1.68 bits per heavy atom. The van der Waals surface area contributed by atoms with Crippen LogP contribution in [0.2, 0.25) is 0 Å². The third kappa shape index (κ3) is 5.48. The minimum absolute atomic E-state index is 0.0596. The number of anilines is 3. The van der Waals surface area contributed by atoms with Crippen LogP contribution in [-0.4, -0.2) is 37.5 Å². The van der Waals surface area contributed by atoms with Gasteiger partial charge in [0, 0.05) is 23.5 Å². The van der Waals surface area contributed by atoms with Gasteiger partial charge >= 0.3 is 0 Å². The fourth-order valence-corrected chi connectivity index (χ4v) is 4.16. The van der Waals surface area contributed by atoms with E-state index in [1.54, 1.807) is 71.6 Å². The number of nitrogens with zero attached hydrogens (tertiary/aromatic N) is 1. The van der Waals surface area contributed by atoms with Gasteiger partial charge in [0.15, 0.2) is 0 Å². The Morgan fingerprint density at radius 1 is 0.730 bits per heavy atom. The SMILES string of the molecule is CCOc1ccc(NC(=O)C(C(=O)Nc2ccc(OCC)cc2)=C2C(=O)N(CC)c3ccccc32)cc1. The van der Waals surface area contributed by atoms with Crippen molar-refractivity contribution in [2.24, 2.45) is 0 Å². The molecule has 4 rings (SSSR count). The molecule has 0 unspecified atom stereocenters. The Balaban J connectivity index is 1.73. The smallest absolute Gasteiger partial charge is 0.262 e. The molecule has 8 heteroatoms. The fourth-order valence-electron chi connectivity index (χ4n) is 4.16. The Bertz CT molecular complexity index is 1260. The van der Waals surface area contributed by atoms with E-state index < -0.39 is 17.7 Å². The lowest BCUT2D eigenvalue weighted by Gasteiger charge is -2.15. The zero-order valence-electron chi connectivity index (χ0n) is 21.0. The van der Waals surface area contributed by atoms with Crippen LogP contribution >= 0.6 is 0 Å². The second-order valence-electron chi connectivity index (χ2n) is 8.14. The van der Waals surface area contributed by atoms with Crippen molar-refractivity contribution in [1.29, 1.82) is 0 Å². The Hall–Kier alpha value is -4.59. The Morgan fingerprint density at radius 2 is 1.22 bits per heavy atom. The number of hydrogen-bond acceptors (Lipinski definition) is 5. The van der Waals surface area contributed by atoms with E-state index in [0.717, 1.165) is 0 Å². The third-order valence-corrected chi connectivity index (χ3v) is 5.79. The van der Waals surface area contributed by atoms with Gasteiger partial charge in [0.1, 0.15) is 17.1 Å². The highest BCUT2D eigenvalue weighted by atomic mass is 16.5. The van der Waals surface area contributed by atoms with Crippen molar-refractivity contribution in [3.05, 3.63) is 83.9 Å². The average molecular weight is 500 g/mol. The normalized spacial score (nSPS) is 12.1. The van der Waals surface area contributed by atoms with Crippen LogP contribution < -0.4 is 25.0 Å². The molecule has 0 saturated carbocycles. The lowest BCUT2D eigenvalue weighted by atomic mass is 9.99. The lowest BCUT2D eigenvalue weighted by Crippen LogP contribution is -2.31. The molecular formula is C29H29N3O5. The lowest BCUT2D eigenvalue weighted by molar-refractivity contribution is -0.119. The quantitative estimate of drug-likeness (QED) is 0.248. The zero-order chi connectivity index (χ0) is 26.4. The minimum Gasteiger partial charge on any atom is -0.494 e. The summed E-state index contributed by atoms with van der Waals surface area (Å²) in [5, 5.41) is 5.52. The summed E-state index contributed by atoms with van der Waals surface area (Å²) in [5.74, 6) is -0.466. The van der Waals surface area contributed by atoms with E-state index >= 15 is 0 Å². The van der Waals surface area contributed by atoms with Crippen molar-refractivity contribution in [2.75, 3.05) is 35.3 Å². The van der Waals surface area contributed by atoms with Crippen LogP contribution in [0.5, 0.6) is 11.5 Å². The van der Waals surface area contributed by atoms with Crippen molar-refractivity contribution in [1.82, 2.24) is 0 Å². The maximum atomic E-state index is 13.6. The number of likely N-dealkylation sites (N-methyl/N-ethyl adjacent to an activating group) is 1. The minimum atomic E-state index is -0.691. The predicted molar refractivity (Wildman–Crippen MR) is 144 cm³/mol. The van der Waals surface area contributed by atoms with E-state index in [0.29, 0.717) is 53.9 Å². The van der Waals surface area contributed by atoms with Crippen LogP contribution in [0.1, 0.15) is 26.3 Å². The molecule has 190 valence electrons. The van der Waals surface area contributed by atoms with E-state index in [2.05, 4.69) is 10.6 Å². The highest BCUT2D eigenvalue weighted by Gasteiger charge is 2.37. The third-order valence-electron chi connectivity index (χ3n) is 5.79. The Kier molecular flexibility index (Phi) is 7.88. The summed E-state index contributed by atoms with van der Waals surface area (Å²) in [4.78, 5) is 42.2. The summed E-state index contributed by atoms with van der Waals surface area (Å²) in [5.41, 5.74) is 1.91. The van der Waals surface area contributed by atoms with Gasteiger partial charge in [0.25, 0.3) is 17.7 Å². The molecule has 1 aliphatic heterocycles. The molecule has 0 bridgehead atoms. The van der Waals surface area contributed by atoms with Gasteiger partial charge < -0.3 is 25.0 Å². The molecule has 3 amide bonds. The summed E-state index contributed by atoms with van der Waals surface area (Å²) < 4.78 is 10.9. The first-order chi connectivity index (χ1) is 18.0. The monoisotopic (exact) mass is 499 g/mol. The van der Waals surface area contributed by atoms with Crippen LogP contribution in [0, 0.1) is 0 Å². The summed E-state index contributed by atoms with van der Waals surface area (Å²) in [6.45, 7) is 7.04. The summed E-state index contributed by atoms with van der Waals surface area (Å²) in [6, 6.07) is 20.7. The molecule has 0 aromatic heterocycles. The first-order valence-electron chi connectivity index (χ1n) is 12.2. The van der Waals surface area contributed by atoms with Gasteiger partial charge in [-0.2, -0.15) is 0 Å². The van der Waals surface area contributed by atoms with E-state index in [-0.39, 0.29) is 11.1 Å². The van der Waals surface area contributed by atoms with Gasteiger partial charge in [0.2, 0.25) is 0 Å². The molecule has 0 spiro atoms. The number of fused-ring (bicyclic) bond motifs is 1. The largest absolute Gasteiger partial charge is 0.494 e. The van der Waals surface area contributed by atoms with Gasteiger partial charge in [0.05, 0.1) is 24.5 Å². The first kappa shape index (κ1) is 25.5. The van der Waals surface area contributed by atoms with E-state index in [1.165, 1.54) is 0 Å². The molecule has 0 atom stereocenters. The number of ether oxygens (including phenoxy) is 2. The van der Waals surface area contributed by atoms with Gasteiger partial charge in [-0.25, -0.2) is 0 Å². The maximum absolute atomic E-state index is 13.6. The molecule has 0 aliphatic carbocycles. The molecule has 0 radical (unpaired) electrons. The average Bonchev–Trinajstić information content (AvgIpc) is 3.18. The molecular weight excluding hydrogens is 470 g/mol. The molecule has 0 saturated heterocycles. The number of rotatable bonds is 9. The van der Waals surface area contributed by atoms with E-state index in [1.807, 2.05) is 26.8 Å². The number of carbonyl (C=O) groups is 3. The molecule has 3 aromatic rings. The standard InChI is InChI=1S/C29H29N3O5/c1-4-32-24-10-8-7-9-23(24)25(29(32)35)26(27(33)30-19-11-15-21(16-12-19)36-5-2)28(34)31-20-13-17-22(18-14-20)37-6-3/h7-18H,4-6H2,1-3H3,(H,30,33)(H,31,34). The highest BCUT2D eigenvalue weighted by molar-refractivity contribution is 6.44. The van der Waals surface area contributed by atoms with Crippen molar-refractivity contribution < 1.29 is 23.9 Å². The van der Waals surface area contributed by atoms with Crippen molar-refractivity contribution in [2.45, 2.75) is 20.8 Å². The topological polar surface area (TPSA) is 97.0 Å². The number of para-hydroxylation sites is 1. The number of hydrogen-bond donors (Lipinski definition) is 2. The van der Waals surface area contributed by atoms with Gasteiger partial charge in [-0.1, -0.05) is 18.2 Å². The molecule has 37 heavy (non-hydrogen) atoms. The highest BCUT2D eigenvalue weighted by Crippen LogP contribution is 2.38. The van der Waals surface area contributed by atoms with Crippen LogP contribution in [0.25, 0.3) is 5.57 Å². The van der Waals surface area contributed by atoms with Gasteiger partial charge in [-0.3, -0.25) is 14.4 Å². The molecule has 3 aromatic carbocycles. The summed E-state index contributed by atoms with van der Waals surface area (Å²) in [7, 11) is 0. The van der Waals surface area contributed by atoms with Crippen LogP contribution in [0.4, 0.5) is 17.1 Å². The number of benzene rings is 3. The molecule has 1 aliphatic rings. The van der Waals surface area contributed by atoms with Crippen LogP contribution in [0.15, 0.2) is 78.4 Å². The summed E-state index contributed by atoms with van der Waals surface area (Å²) in [6.07, 6.45) is 0. The van der Waals surface area contributed by atoms with Crippen molar-refractivity contribution in [3.8, 4) is 11.5 Å². The van der Waals surface area contributed by atoms with Crippen molar-refractivity contribution in [3.63, 3.8) is 0 Å². The number of nitrogens with one attached hydrogen (secondary N) is 2. The second kappa shape index (κ2) is 11.4. The second-order valence-corrected chi connectivity index (χ2v) is 8.14. The zero-order valence-corrected chi connectivity index (χ0v) is 21.0. The number of carbonyl (C=O) groups excluding carboxylic acids is 3. The molecule has 0 fully saturated rings. The Labute approximate surface area is 215 Å². The van der Waals surface area contributed by atoms with Crippen LogP contribution in [0.3, 0.4) is 0 Å². The first-order valence-corrected chi connectivity index (χ1v) is 12.2. The van der Waals surface area contributed by atoms with Gasteiger partial charge in [-0.15, -0.1) is 0 Å². The summed E-state index contributed by atoms with van der Waals surface area (Å²) >= 11 is 0. The maximum Gasteiger partial charge on any atom is 0.262 e. The molecule has 8 nitrogen and oxygen atoms in total. The van der Waals surface area contributed by atoms with E-state index in [9.17, 15) is 14.4 Å².